The average molecular weight is 567 g/mol. The summed E-state index contributed by atoms with van der Waals surface area (Å²) >= 11 is 4.07. The fraction of sp³-hybridized carbons (Fsp3) is 0. The first kappa shape index (κ1) is 24.8. The Hall–Kier alpha value is -4.51. The summed E-state index contributed by atoms with van der Waals surface area (Å²) in [6.07, 6.45) is 3.80. The molecule has 0 fully saturated rings. The van der Waals surface area contributed by atoms with Gasteiger partial charge in [-0.3, -0.25) is 20.2 Å². The maximum absolute atomic E-state index is 13.4. The number of aromatic nitrogens is 2. The molecule has 0 spiro atoms. The van der Waals surface area contributed by atoms with Gasteiger partial charge in [0.05, 0.1) is 32.3 Å². The van der Waals surface area contributed by atoms with Crippen molar-refractivity contribution < 1.29 is 9.72 Å². The van der Waals surface area contributed by atoms with Crippen molar-refractivity contribution >= 4 is 73.1 Å². The molecule has 10 heteroatoms. The molecule has 0 unspecified atom stereocenters. The average Bonchev–Trinajstić information content (AvgIpc) is 3.73. The summed E-state index contributed by atoms with van der Waals surface area (Å²) in [6, 6.07) is 26.3. The number of hydrogen-bond acceptors (Lipinski definition) is 8. The molecule has 7 nitrogen and oxygen atoms in total. The number of nitrogens with zero attached hydrogens (tertiary/aromatic N) is 3. The Kier molecular flexibility index (Phi) is 6.80. The molecule has 39 heavy (non-hydrogen) atoms. The second-order valence-corrected chi connectivity index (χ2v) is 11.4. The van der Waals surface area contributed by atoms with E-state index in [1.807, 2.05) is 84.3 Å². The number of amides is 1. The minimum absolute atomic E-state index is 0.121. The SMILES string of the molecule is O=C(Nc1nc(-c2ccccc2)cs1)c1cc(/C=C/c2ccc(-c3ccc([N+](=O)[O-])s3)s2)nc2ccccc12. The number of fused-ring (bicyclic) bond motifs is 1. The monoisotopic (exact) mass is 566 g/mol. The molecule has 6 rings (SSSR count). The Morgan fingerprint density at radius 2 is 1.64 bits per heavy atom. The molecule has 190 valence electrons. The van der Waals surface area contributed by atoms with Gasteiger partial charge in [0.15, 0.2) is 5.13 Å². The van der Waals surface area contributed by atoms with Crippen LogP contribution in [0.1, 0.15) is 20.9 Å². The van der Waals surface area contributed by atoms with Gasteiger partial charge in [-0.25, -0.2) is 9.97 Å². The van der Waals surface area contributed by atoms with Crippen molar-refractivity contribution in [3.8, 4) is 21.0 Å². The van der Waals surface area contributed by atoms with E-state index >= 15 is 0 Å². The number of rotatable bonds is 7. The van der Waals surface area contributed by atoms with Crippen LogP contribution < -0.4 is 5.32 Å². The minimum atomic E-state index is -0.377. The molecule has 4 heterocycles. The van der Waals surface area contributed by atoms with E-state index in [2.05, 4.69) is 10.3 Å². The maximum atomic E-state index is 13.4. The second kappa shape index (κ2) is 10.7. The van der Waals surface area contributed by atoms with E-state index in [0.717, 1.165) is 42.6 Å². The zero-order valence-corrected chi connectivity index (χ0v) is 22.6. The number of benzene rings is 2. The Balaban J connectivity index is 1.26. The van der Waals surface area contributed by atoms with Gasteiger partial charge in [0.25, 0.3) is 5.91 Å². The topological polar surface area (TPSA) is 98.0 Å². The summed E-state index contributed by atoms with van der Waals surface area (Å²) < 4.78 is 0. The molecule has 0 aliphatic carbocycles. The molecule has 4 aromatic heterocycles. The van der Waals surface area contributed by atoms with Crippen LogP contribution in [-0.2, 0) is 0 Å². The number of para-hydroxylation sites is 1. The quantitative estimate of drug-likeness (QED) is 0.154. The van der Waals surface area contributed by atoms with Crippen molar-refractivity contribution in [2.75, 3.05) is 5.32 Å². The van der Waals surface area contributed by atoms with E-state index in [4.69, 9.17) is 4.98 Å². The molecule has 0 bridgehead atoms. The third kappa shape index (κ3) is 5.39. The van der Waals surface area contributed by atoms with Crippen LogP contribution in [0.25, 0.3) is 44.1 Å². The van der Waals surface area contributed by atoms with Crippen LogP contribution in [0.15, 0.2) is 90.3 Å². The standard InChI is InChI=1S/C29H18N4O3S3/c34-28(32-29-31-24(17-37-29)18-6-2-1-3-7-18)22-16-19(30-23-9-5-4-8-21(22)23)10-11-20-12-13-25(38-20)26-14-15-27(39-26)33(35)36/h1-17H,(H,31,32,34)/b11-10+. The van der Waals surface area contributed by atoms with Crippen LogP contribution in [0.2, 0.25) is 0 Å². The van der Waals surface area contributed by atoms with E-state index in [1.54, 1.807) is 12.1 Å². The highest BCUT2D eigenvalue weighted by molar-refractivity contribution is 7.24. The van der Waals surface area contributed by atoms with Crippen LogP contribution >= 0.6 is 34.0 Å². The van der Waals surface area contributed by atoms with Gasteiger partial charge in [0.1, 0.15) is 0 Å². The smallest absolute Gasteiger partial charge is 0.298 e. The van der Waals surface area contributed by atoms with Crippen LogP contribution in [0.4, 0.5) is 10.1 Å². The molecule has 0 saturated carbocycles. The lowest BCUT2D eigenvalue weighted by atomic mass is 10.1. The van der Waals surface area contributed by atoms with Gasteiger partial charge in [0, 0.05) is 32.2 Å². The molecule has 2 aromatic carbocycles. The fourth-order valence-corrected chi connectivity index (χ4v) is 6.54. The Bertz CT molecular complexity index is 1850. The lowest BCUT2D eigenvalue weighted by molar-refractivity contribution is -0.380. The minimum Gasteiger partial charge on any atom is -0.298 e. The van der Waals surface area contributed by atoms with Gasteiger partial charge in [-0.05, 0) is 42.5 Å². The van der Waals surface area contributed by atoms with E-state index in [1.165, 1.54) is 28.7 Å². The lowest BCUT2D eigenvalue weighted by Gasteiger charge is -2.08. The van der Waals surface area contributed by atoms with Gasteiger partial charge in [0.2, 0.25) is 0 Å². The first-order valence-electron chi connectivity index (χ1n) is 11.8. The summed E-state index contributed by atoms with van der Waals surface area (Å²) in [5, 5.41) is 17.3. The highest BCUT2D eigenvalue weighted by Crippen LogP contribution is 2.37. The molecular weight excluding hydrogens is 549 g/mol. The number of nitrogens with one attached hydrogen (secondary N) is 1. The van der Waals surface area contributed by atoms with Crippen LogP contribution in [-0.4, -0.2) is 20.8 Å². The maximum Gasteiger partial charge on any atom is 0.324 e. The number of anilines is 1. The van der Waals surface area contributed by atoms with E-state index in [-0.39, 0.29) is 15.8 Å². The lowest BCUT2D eigenvalue weighted by Crippen LogP contribution is -2.13. The number of nitro groups is 1. The molecular formula is C29H18N4O3S3. The van der Waals surface area contributed by atoms with Gasteiger partial charge in [-0.15, -0.1) is 22.7 Å². The Labute approximate surface area is 234 Å². The van der Waals surface area contributed by atoms with Crippen molar-refractivity contribution in [1.29, 1.82) is 0 Å². The van der Waals surface area contributed by atoms with Crippen LogP contribution in [0.3, 0.4) is 0 Å². The number of thiazole rings is 1. The molecule has 0 saturated heterocycles. The van der Waals surface area contributed by atoms with E-state index < -0.39 is 0 Å². The number of carbonyl (C=O) groups excluding carboxylic acids is 1. The number of hydrogen-bond donors (Lipinski definition) is 1. The van der Waals surface area contributed by atoms with Crippen molar-refractivity contribution in [3.63, 3.8) is 0 Å². The predicted molar refractivity (Wildman–Crippen MR) is 160 cm³/mol. The van der Waals surface area contributed by atoms with Gasteiger partial charge in [-0.1, -0.05) is 59.9 Å². The molecule has 1 N–H and O–H groups in total. The fourth-order valence-electron chi connectivity index (χ4n) is 4.01. The Morgan fingerprint density at radius 1 is 0.872 bits per heavy atom. The summed E-state index contributed by atoms with van der Waals surface area (Å²) in [7, 11) is 0. The highest BCUT2D eigenvalue weighted by atomic mass is 32.1. The van der Waals surface area contributed by atoms with Crippen molar-refractivity contribution in [2.24, 2.45) is 0 Å². The first-order chi connectivity index (χ1) is 19.0. The van der Waals surface area contributed by atoms with Gasteiger partial charge < -0.3 is 0 Å². The molecule has 0 aliphatic rings. The largest absolute Gasteiger partial charge is 0.324 e. The van der Waals surface area contributed by atoms with Crippen molar-refractivity contribution in [1.82, 2.24) is 9.97 Å². The van der Waals surface area contributed by atoms with Crippen molar-refractivity contribution in [2.45, 2.75) is 0 Å². The molecule has 6 aromatic rings. The van der Waals surface area contributed by atoms with Crippen molar-refractivity contribution in [3.05, 3.63) is 117 Å². The third-order valence-electron chi connectivity index (χ3n) is 5.83. The molecule has 0 radical (unpaired) electrons. The predicted octanol–water partition coefficient (Wildman–Crippen LogP) is 8.48. The summed E-state index contributed by atoms with van der Waals surface area (Å²) in [5.74, 6) is -0.255. The number of carbonyl (C=O) groups is 1. The normalized spacial score (nSPS) is 11.3. The zero-order valence-electron chi connectivity index (χ0n) is 20.1. The molecule has 1 amide bonds. The zero-order chi connectivity index (χ0) is 26.8. The summed E-state index contributed by atoms with van der Waals surface area (Å²) in [6.45, 7) is 0. The number of pyridine rings is 1. The van der Waals surface area contributed by atoms with Gasteiger partial charge in [-0.2, -0.15) is 0 Å². The third-order valence-corrected chi connectivity index (χ3v) is 8.88. The first-order valence-corrected chi connectivity index (χ1v) is 14.3. The van der Waals surface area contributed by atoms with Crippen LogP contribution in [0.5, 0.6) is 0 Å². The Morgan fingerprint density at radius 3 is 2.46 bits per heavy atom. The summed E-state index contributed by atoms with van der Waals surface area (Å²) in [5.41, 5.74) is 3.67. The van der Waals surface area contributed by atoms with Gasteiger partial charge >= 0.3 is 5.00 Å². The van der Waals surface area contributed by atoms with E-state index in [0.29, 0.717) is 21.9 Å². The van der Waals surface area contributed by atoms with Crippen LogP contribution in [0, 0.1) is 10.1 Å². The summed E-state index contributed by atoms with van der Waals surface area (Å²) in [4.78, 5) is 36.1. The highest BCUT2D eigenvalue weighted by Gasteiger charge is 2.15. The molecule has 0 atom stereocenters. The van der Waals surface area contributed by atoms with E-state index in [9.17, 15) is 14.9 Å². The molecule has 0 aliphatic heterocycles. The number of thiophene rings is 2. The second-order valence-electron chi connectivity index (χ2n) is 8.40.